The van der Waals surface area contributed by atoms with Crippen LogP contribution in [0.4, 0.5) is 10.1 Å². The maximum atomic E-state index is 13.6. The highest BCUT2D eigenvalue weighted by atomic mass is 19.1. The van der Waals surface area contributed by atoms with E-state index in [0.29, 0.717) is 0 Å². The molecule has 0 aliphatic heterocycles. The van der Waals surface area contributed by atoms with Crippen molar-refractivity contribution in [2.24, 2.45) is 0 Å². The van der Waals surface area contributed by atoms with Crippen LogP contribution >= 0.6 is 0 Å². The summed E-state index contributed by atoms with van der Waals surface area (Å²) >= 11 is 0. The molecule has 0 fully saturated rings. The van der Waals surface area contributed by atoms with Crippen molar-refractivity contribution in [2.45, 2.75) is 25.8 Å². The summed E-state index contributed by atoms with van der Waals surface area (Å²) in [6.45, 7) is 2.09. The van der Waals surface area contributed by atoms with Gasteiger partial charge in [-0.05, 0) is 53.9 Å². The number of nitrogens with zero attached hydrogens (tertiary/aromatic N) is 1. The Morgan fingerprint density at radius 3 is 2.44 bits per heavy atom. The van der Waals surface area contributed by atoms with Gasteiger partial charge in [-0.3, -0.25) is 4.79 Å². The van der Waals surface area contributed by atoms with Gasteiger partial charge in [-0.15, -0.1) is 0 Å². The van der Waals surface area contributed by atoms with E-state index in [1.807, 2.05) is 59.4 Å². The number of carbonyl (C=O) groups excluding carboxylic acids is 1. The Bertz CT molecular complexity index is 825. The lowest BCUT2D eigenvalue weighted by molar-refractivity contribution is -0.116. The van der Waals surface area contributed by atoms with Crippen molar-refractivity contribution >= 4 is 11.6 Å². The Morgan fingerprint density at radius 1 is 1.08 bits per heavy atom. The number of benzene rings is 2. The maximum Gasteiger partial charge on any atom is 0.226 e. The second kappa shape index (κ2) is 7.79. The predicted octanol–water partition coefficient (Wildman–Crippen LogP) is 4.81. The van der Waals surface area contributed by atoms with Crippen LogP contribution in [-0.4, -0.2) is 10.5 Å². The number of hydrogen-bond donors (Lipinski definition) is 1. The van der Waals surface area contributed by atoms with Crippen molar-refractivity contribution in [3.63, 3.8) is 0 Å². The zero-order valence-electron chi connectivity index (χ0n) is 14.2. The first kappa shape index (κ1) is 17.0. The summed E-state index contributed by atoms with van der Waals surface area (Å²) in [5.74, 6) is -0.405. The molecule has 4 heteroatoms. The minimum Gasteiger partial charge on any atom is -0.346 e. The molecule has 128 valence electrons. The summed E-state index contributed by atoms with van der Waals surface area (Å²) in [5, 5.41) is 2.92. The summed E-state index contributed by atoms with van der Waals surface area (Å²) < 4.78 is 15.5. The van der Waals surface area contributed by atoms with Gasteiger partial charge in [0.05, 0.1) is 12.5 Å². The van der Waals surface area contributed by atoms with E-state index in [1.165, 1.54) is 17.7 Å². The minimum atomic E-state index is -0.301. The highest BCUT2D eigenvalue weighted by Crippen LogP contribution is 2.24. The molecule has 0 radical (unpaired) electrons. The second-order valence-corrected chi connectivity index (χ2v) is 6.00. The molecule has 0 saturated heterocycles. The zero-order valence-corrected chi connectivity index (χ0v) is 14.2. The third-order valence-corrected chi connectivity index (χ3v) is 4.25. The molecule has 2 aromatic carbocycles. The lowest BCUT2D eigenvalue weighted by Gasteiger charge is -2.19. The van der Waals surface area contributed by atoms with Gasteiger partial charge < -0.3 is 9.88 Å². The number of nitrogens with one attached hydrogen (secondary N) is 1. The summed E-state index contributed by atoms with van der Waals surface area (Å²) in [6.07, 6.45) is 4.97. The number of anilines is 1. The lowest BCUT2D eigenvalue weighted by Crippen LogP contribution is -2.19. The molecular weight excluding hydrogens is 315 g/mol. The molecule has 1 atom stereocenters. The van der Waals surface area contributed by atoms with E-state index in [9.17, 15) is 9.18 Å². The number of rotatable bonds is 6. The fourth-order valence-corrected chi connectivity index (χ4v) is 2.88. The Hall–Kier alpha value is -2.88. The largest absolute Gasteiger partial charge is 0.346 e. The van der Waals surface area contributed by atoms with Crippen LogP contribution in [0.1, 0.15) is 30.5 Å². The van der Waals surface area contributed by atoms with Crippen molar-refractivity contribution < 1.29 is 9.18 Å². The number of halogens is 1. The lowest BCUT2D eigenvalue weighted by atomic mass is 10.0. The molecule has 0 unspecified atom stereocenters. The molecule has 0 saturated carbocycles. The first-order valence-corrected chi connectivity index (χ1v) is 8.42. The number of aromatic nitrogens is 1. The van der Waals surface area contributed by atoms with Crippen molar-refractivity contribution in [1.82, 2.24) is 4.57 Å². The van der Waals surface area contributed by atoms with Crippen LogP contribution in [0.25, 0.3) is 0 Å². The number of amides is 1. The van der Waals surface area contributed by atoms with Crippen LogP contribution in [0.3, 0.4) is 0 Å². The molecule has 3 nitrogen and oxygen atoms in total. The number of hydrogen-bond acceptors (Lipinski definition) is 1. The van der Waals surface area contributed by atoms with Gasteiger partial charge in [0.2, 0.25) is 5.91 Å². The summed E-state index contributed by atoms with van der Waals surface area (Å²) in [6, 6.07) is 17.8. The van der Waals surface area contributed by atoms with Crippen LogP contribution in [0.2, 0.25) is 0 Å². The van der Waals surface area contributed by atoms with E-state index in [1.54, 1.807) is 6.07 Å². The number of carbonyl (C=O) groups is 1. The van der Waals surface area contributed by atoms with Crippen molar-refractivity contribution in [1.29, 1.82) is 0 Å². The third-order valence-electron chi connectivity index (χ3n) is 4.25. The summed E-state index contributed by atoms with van der Waals surface area (Å²) in [5.41, 5.74) is 2.77. The first-order valence-electron chi connectivity index (χ1n) is 8.42. The first-order chi connectivity index (χ1) is 12.2. The Kier molecular flexibility index (Phi) is 5.29. The van der Waals surface area contributed by atoms with Crippen LogP contribution < -0.4 is 5.32 Å². The fourth-order valence-electron chi connectivity index (χ4n) is 2.88. The summed E-state index contributed by atoms with van der Waals surface area (Å²) in [7, 11) is 0. The fraction of sp³-hybridized carbons (Fsp3) is 0.190. The second-order valence-electron chi connectivity index (χ2n) is 6.00. The van der Waals surface area contributed by atoms with E-state index in [0.717, 1.165) is 17.7 Å². The molecule has 3 aromatic rings. The molecule has 0 spiro atoms. The molecule has 0 bridgehead atoms. The standard InChI is InChI=1S/C21H21FN2O/c1-2-16-8-10-19(11-9-16)23-21(25)15-20(24-12-3-4-13-24)17-6-5-7-18(22)14-17/h3-14,20H,2,15H2,1H3,(H,23,25)/t20-/m0/s1. The van der Waals surface area contributed by atoms with E-state index in [-0.39, 0.29) is 24.2 Å². The SMILES string of the molecule is CCc1ccc(NC(=O)C[C@@H](c2cccc(F)c2)n2cccc2)cc1. The van der Waals surface area contributed by atoms with Crippen molar-refractivity contribution in [3.05, 3.63) is 90.0 Å². The molecule has 25 heavy (non-hydrogen) atoms. The zero-order chi connectivity index (χ0) is 17.6. The van der Waals surface area contributed by atoms with Gasteiger partial charge >= 0.3 is 0 Å². The third kappa shape index (κ3) is 4.35. The van der Waals surface area contributed by atoms with Gasteiger partial charge in [0, 0.05) is 18.1 Å². The molecule has 0 aliphatic carbocycles. The maximum absolute atomic E-state index is 13.6. The van der Waals surface area contributed by atoms with Gasteiger partial charge in [0.1, 0.15) is 5.82 Å². The van der Waals surface area contributed by atoms with E-state index in [2.05, 4.69) is 12.2 Å². The van der Waals surface area contributed by atoms with Crippen LogP contribution in [-0.2, 0) is 11.2 Å². The van der Waals surface area contributed by atoms with Gasteiger partial charge in [-0.25, -0.2) is 4.39 Å². The van der Waals surface area contributed by atoms with E-state index >= 15 is 0 Å². The van der Waals surface area contributed by atoms with Gasteiger partial charge in [-0.2, -0.15) is 0 Å². The number of aryl methyl sites for hydroxylation is 1. The average molecular weight is 336 g/mol. The van der Waals surface area contributed by atoms with Crippen molar-refractivity contribution in [2.75, 3.05) is 5.32 Å². The van der Waals surface area contributed by atoms with Crippen molar-refractivity contribution in [3.8, 4) is 0 Å². The quantitative estimate of drug-likeness (QED) is 0.689. The van der Waals surface area contributed by atoms with Gasteiger partial charge in [-0.1, -0.05) is 31.2 Å². The molecule has 3 rings (SSSR count). The van der Waals surface area contributed by atoms with Gasteiger partial charge in [0.25, 0.3) is 0 Å². The normalized spacial score (nSPS) is 11.9. The average Bonchev–Trinajstić information content (AvgIpc) is 3.14. The molecule has 0 aliphatic rings. The van der Waals surface area contributed by atoms with E-state index < -0.39 is 0 Å². The Balaban J connectivity index is 1.76. The highest BCUT2D eigenvalue weighted by molar-refractivity contribution is 5.91. The molecular formula is C21H21FN2O. The van der Waals surface area contributed by atoms with Crippen LogP contribution in [0.5, 0.6) is 0 Å². The minimum absolute atomic E-state index is 0.104. The Labute approximate surface area is 147 Å². The smallest absolute Gasteiger partial charge is 0.226 e. The predicted molar refractivity (Wildman–Crippen MR) is 98.0 cm³/mol. The molecule has 1 heterocycles. The molecule has 1 amide bonds. The molecule has 1 N–H and O–H groups in total. The highest BCUT2D eigenvalue weighted by Gasteiger charge is 2.18. The topological polar surface area (TPSA) is 34.0 Å². The van der Waals surface area contributed by atoms with Crippen LogP contribution in [0.15, 0.2) is 73.1 Å². The van der Waals surface area contributed by atoms with Gasteiger partial charge in [0.15, 0.2) is 0 Å². The van der Waals surface area contributed by atoms with E-state index in [4.69, 9.17) is 0 Å². The Morgan fingerprint density at radius 2 is 1.80 bits per heavy atom. The molecule has 1 aromatic heterocycles. The summed E-state index contributed by atoms with van der Waals surface area (Å²) in [4.78, 5) is 12.5. The monoisotopic (exact) mass is 336 g/mol. The van der Waals surface area contributed by atoms with Crippen LogP contribution in [0, 0.1) is 5.82 Å².